The normalized spacial score (nSPS) is 16.6. The van der Waals surface area contributed by atoms with Gasteiger partial charge < -0.3 is 14.8 Å². The number of aryl methyl sites for hydroxylation is 2. The zero-order chi connectivity index (χ0) is 20.6. The largest absolute Gasteiger partial charge is 0.471 e. The van der Waals surface area contributed by atoms with Crippen molar-refractivity contribution in [2.24, 2.45) is 0 Å². The van der Waals surface area contributed by atoms with E-state index in [1.807, 2.05) is 0 Å². The molecular formula is C19H18F3N5O2. The van der Waals surface area contributed by atoms with Crippen LogP contribution in [0.25, 0.3) is 11.4 Å². The molecular weight excluding hydrogens is 387 g/mol. The zero-order valence-electron chi connectivity index (χ0n) is 15.5. The fraction of sp³-hybridized carbons (Fsp3) is 0.368. The summed E-state index contributed by atoms with van der Waals surface area (Å²) < 4.78 is 42.0. The highest BCUT2D eigenvalue weighted by molar-refractivity contribution is 5.54. The lowest BCUT2D eigenvalue weighted by Gasteiger charge is -2.24. The van der Waals surface area contributed by atoms with Crippen LogP contribution in [0.2, 0.25) is 0 Å². The van der Waals surface area contributed by atoms with Gasteiger partial charge in [-0.2, -0.15) is 18.2 Å². The van der Waals surface area contributed by atoms with Crippen LogP contribution in [0.3, 0.4) is 0 Å². The molecule has 0 saturated heterocycles. The van der Waals surface area contributed by atoms with Crippen molar-refractivity contribution in [1.29, 1.82) is 0 Å². The Bertz CT molecular complexity index is 1070. The number of alkyl halides is 3. The minimum Gasteiger partial charge on any atom is -0.329 e. The molecule has 0 spiro atoms. The van der Waals surface area contributed by atoms with Gasteiger partial charge in [-0.1, -0.05) is 29.4 Å². The molecule has 2 N–H and O–H groups in total. The van der Waals surface area contributed by atoms with E-state index in [4.69, 9.17) is 0 Å². The van der Waals surface area contributed by atoms with Crippen LogP contribution in [-0.4, -0.2) is 26.2 Å². The van der Waals surface area contributed by atoms with Gasteiger partial charge in [0, 0.05) is 23.7 Å². The number of H-pyrrole nitrogens is 1. The van der Waals surface area contributed by atoms with Crippen LogP contribution in [0.4, 0.5) is 13.2 Å². The van der Waals surface area contributed by atoms with E-state index in [2.05, 4.69) is 29.9 Å². The van der Waals surface area contributed by atoms with Crippen LogP contribution < -0.4 is 10.9 Å². The molecule has 7 nitrogen and oxygen atoms in total. The second-order valence-electron chi connectivity index (χ2n) is 7.02. The number of halogens is 3. The molecule has 152 valence electrons. The monoisotopic (exact) mass is 405 g/mol. The van der Waals surface area contributed by atoms with Gasteiger partial charge in [-0.05, 0) is 31.7 Å². The fourth-order valence-electron chi connectivity index (χ4n) is 3.41. The summed E-state index contributed by atoms with van der Waals surface area (Å²) in [6.45, 7) is 2.34. The number of nitrogens with one attached hydrogen (secondary N) is 2. The lowest BCUT2D eigenvalue weighted by Crippen LogP contribution is -2.37. The maximum atomic E-state index is 12.6. The van der Waals surface area contributed by atoms with E-state index in [0.29, 0.717) is 24.4 Å². The molecule has 0 saturated carbocycles. The van der Waals surface area contributed by atoms with Crippen molar-refractivity contribution < 1.29 is 17.7 Å². The summed E-state index contributed by atoms with van der Waals surface area (Å²) in [5.74, 6) is -0.845. The van der Waals surface area contributed by atoms with Crippen molar-refractivity contribution in [3.8, 4) is 11.4 Å². The Balaban J connectivity index is 1.39. The van der Waals surface area contributed by atoms with Crippen LogP contribution in [-0.2, 0) is 25.6 Å². The molecule has 1 atom stereocenters. The molecule has 10 heteroatoms. The Morgan fingerprint density at radius 3 is 2.69 bits per heavy atom. The van der Waals surface area contributed by atoms with E-state index < -0.39 is 12.1 Å². The lowest BCUT2D eigenvalue weighted by atomic mass is 9.92. The van der Waals surface area contributed by atoms with Crippen LogP contribution in [0, 0.1) is 6.92 Å². The van der Waals surface area contributed by atoms with Gasteiger partial charge in [0.2, 0.25) is 5.82 Å². The molecule has 1 unspecified atom stereocenters. The number of nitrogens with zero attached hydrogens (tertiary/aromatic N) is 3. The Morgan fingerprint density at radius 2 is 2.00 bits per heavy atom. The third kappa shape index (κ3) is 4.21. The van der Waals surface area contributed by atoms with Gasteiger partial charge in [-0.3, -0.25) is 4.79 Å². The van der Waals surface area contributed by atoms with E-state index >= 15 is 0 Å². The minimum absolute atomic E-state index is 0.0818. The number of hydrogen-bond acceptors (Lipinski definition) is 6. The molecule has 1 aliphatic carbocycles. The first kappa shape index (κ1) is 19.3. The average Bonchev–Trinajstić information content (AvgIpc) is 3.18. The molecule has 2 aromatic heterocycles. The topological polar surface area (TPSA) is 96.7 Å². The van der Waals surface area contributed by atoms with Gasteiger partial charge >= 0.3 is 12.1 Å². The standard InChI is InChI=1S/C19H18F3N5O2/c1-10-24-15-7-6-13(8-14(15)17(28)25-10)23-9-11-2-4-12(5-3-11)16-26-18(29-27-16)19(20,21)22/h2-5,13,23H,6-9H2,1H3,(H,24,25,28). The number of fused-ring (bicyclic) bond motifs is 1. The molecule has 0 bridgehead atoms. The van der Waals surface area contributed by atoms with Crippen LogP contribution >= 0.6 is 0 Å². The third-order valence-electron chi connectivity index (χ3n) is 4.88. The highest BCUT2D eigenvalue weighted by Gasteiger charge is 2.38. The number of aromatic nitrogens is 4. The Morgan fingerprint density at radius 1 is 1.24 bits per heavy atom. The summed E-state index contributed by atoms with van der Waals surface area (Å²) in [5, 5.41) is 6.80. The van der Waals surface area contributed by atoms with Crippen molar-refractivity contribution in [2.45, 2.75) is 44.9 Å². The Kier molecular flexibility index (Phi) is 4.95. The van der Waals surface area contributed by atoms with Crippen LogP contribution in [0.5, 0.6) is 0 Å². The minimum atomic E-state index is -4.66. The van der Waals surface area contributed by atoms with Crippen LogP contribution in [0.15, 0.2) is 33.6 Å². The predicted molar refractivity (Wildman–Crippen MR) is 97.0 cm³/mol. The molecule has 1 aliphatic rings. The SMILES string of the molecule is Cc1nc2c(c(=O)[nH]1)CC(NCc1ccc(-c3noc(C(F)(F)F)n3)cc1)CC2. The summed E-state index contributed by atoms with van der Waals surface area (Å²) in [4.78, 5) is 22.7. The lowest BCUT2D eigenvalue weighted by molar-refractivity contribution is -0.159. The molecule has 3 aromatic rings. The molecule has 29 heavy (non-hydrogen) atoms. The van der Waals surface area contributed by atoms with Crippen molar-refractivity contribution >= 4 is 0 Å². The second-order valence-corrected chi connectivity index (χ2v) is 7.02. The van der Waals surface area contributed by atoms with E-state index in [0.717, 1.165) is 29.7 Å². The third-order valence-corrected chi connectivity index (χ3v) is 4.88. The summed E-state index contributed by atoms with van der Waals surface area (Å²) in [6.07, 6.45) is -2.43. The summed E-state index contributed by atoms with van der Waals surface area (Å²) in [7, 11) is 0. The van der Waals surface area contributed by atoms with Crippen molar-refractivity contribution in [3.63, 3.8) is 0 Å². The Hall–Kier alpha value is -3.01. The van der Waals surface area contributed by atoms with Gasteiger partial charge in [0.05, 0.1) is 5.69 Å². The first-order valence-corrected chi connectivity index (χ1v) is 9.12. The number of benzene rings is 1. The quantitative estimate of drug-likeness (QED) is 0.693. The molecule has 0 fully saturated rings. The second kappa shape index (κ2) is 7.43. The summed E-state index contributed by atoms with van der Waals surface area (Å²) in [5.41, 5.74) is 2.91. The summed E-state index contributed by atoms with van der Waals surface area (Å²) >= 11 is 0. The molecule has 4 rings (SSSR count). The van der Waals surface area contributed by atoms with Crippen molar-refractivity contribution in [2.75, 3.05) is 0 Å². The number of hydrogen-bond donors (Lipinski definition) is 2. The summed E-state index contributed by atoms with van der Waals surface area (Å²) in [6, 6.07) is 7.03. The van der Waals surface area contributed by atoms with Crippen molar-refractivity contribution in [1.82, 2.24) is 25.4 Å². The van der Waals surface area contributed by atoms with E-state index in [1.165, 1.54) is 0 Å². The molecule has 0 aliphatic heterocycles. The van der Waals surface area contributed by atoms with Crippen LogP contribution in [0.1, 0.15) is 35.0 Å². The van der Waals surface area contributed by atoms with Crippen molar-refractivity contribution in [3.05, 3.63) is 63.2 Å². The van der Waals surface area contributed by atoms with Gasteiger partial charge in [-0.25, -0.2) is 4.98 Å². The first-order chi connectivity index (χ1) is 13.8. The van der Waals surface area contributed by atoms with Gasteiger partial charge in [-0.15, -0.1) is 0 Å². The highest BCUT2D eigenvalue weighted by atomic mass is 19.4. The predicted octanol–water partition coefficient (Wildman–Crippen LogP) is 2.79. The highest BCUT2D eigenvalue weighted by Crippen LogP contribution is 2.29. The molecule has 0 radical (unpaired) electrons. The maximum absolute atomic E-state index is 12.6. The molecule has 2 heterocycles. The molecule has 1 aromatic carbocycles. The Labute approximate surface area is 163 Å². The number of rotatable bonds is 4. The zero-order valence-corrected chi connectivity index (χ0v) is 15.5. The van der Waals surface area contributed by atoms with Gasteiger partial charge in [0.15, 0.2) is 0 Å². The van der Waals surface area contributed by atoms with Gasteiger partial charge in [0.25, 0.3) is 5.56 Å². The average molecular weight is 405 g/mol. The van der Waals surface area contributed by atoms with E-state index in [1.54, 1.807) is 31.2 Å². The smallest absolute Gasteiger partial charge is 0.329 e. The number of aromatic amines is 1. The van der Waals surface area contributed by atoms with E-state index in [-0.39, 0.29) is 17.4 Å². The first-order valence-electron chi connectivity index (χ1n) is 9.12. The van der Waals surface area contributed by atoms with E-state index in [9.17, 15) is 18.0 Å². The molecule has 0 amide bonds. The fourth-order valence-corrected chi connectivity index (χ4v) is 3.41. The van der Waals surface area contributed by atoms with Gasteiger partial charge in [0.1, 0.15) is 5.82 Å². The maximum Gasteiger partial charge on any atom is 0.471 e.